The largest absolute Gasteiger partial charge is 0.763 e. The van der Waals surface area contributed by atoms with Crippen molar-refractivity contribution in [3.63, 3.8) is 0 Å². The molecule has 0 saturated heterocycles. The van der Waals surface area contributed by atoms with Crippen molar-refractivity contribution in [2.24, 2.45) is 0 Å². The summed E-state index contributed by atoms with van der Waals surface area (Å²) in [6.07, 6.45) is 0. The van der Waals surface area contributed by atoms with Crippen LogP contribution in [0.15, 0.2) is 0 Å². The SMILES string of the molecule is [C]=C=[Si+]F. The van der Waals surface area contributed by atoms with E-state index in [2.05, 4.69) is 0 Å². The molecule has 0 saturated carbocycles. The van der Waals surface area contributed by atoms with Crippen LogP contribution >= 0.6 is 0 Å². The van der Waals surface area contributed by atoms with E-state index in [1.807, 2.05) is 0 Å². The van der Waals surface area contributed by atoms with Gasteiger partial charge in [0.2, 0.25) is 0 Å². The molecule has 0 heterocycles. The Bertz CT molecular complexity index is 44.0. The molecule has 0 bridgehead atoms. The minimum absolute atomic E-state index is 0.943. The van der Waals surface area contributed by atoms with Crippen molar-refractivity contribution in [2.75, 3.05) is 0 Å². The summed E-state index contributed by atoms with van der Waals surface area (Å²) in [7, 11) is -0.943. The highest BCUT2D eigenvalue weighted by Crippen LogP contribution is 1.26. The fourth-order valence-corrected chi connectivity index (χ4v) is 0. The monoisotopic (exact) mass is 71.0 g/mol. The number of hydrogen-bond acceptors (Lipinski definition) is 0. The maximum atomic E-state index is 10.5. The van der Waals surface area contributed by atoms with Crippen LogP contribution in [0.1, 0.15) is 0 Å². The van der Waals surface area contributed by atoms with Crippen LogP contribution in [0.5, 0.6) is 0 Å². The molecule has 0 rings (SSSR count). The van der Waals surface area contributed by atoms with Crippen LogP contribution in [0.2, 0.25) is 0 Å². The maximum Gasteiger partial charge on any atom is 0.763 e. The normalized spacial score (nSPS) is 3.25. The second-order valence-electron chi connectivity index (χ2n) is 0.219. The third-order valence-electron chi connectivity index (χ3n) is 0.0472. The van der Waals surface area contributed by atoms with Crippen molar-refractivity contribution in [3.8, 4) is 0 Å². The minimum atomic E-state index is -0.943. The zero-order valence-corrected chi connectivity index (χ0v) is 2.88. The molecule has 2 heteroatoms. The van der Waals surface area contributed by atoms with Gasteiger partial charge in [-0.1, -0.05) is 0 Å². The van der Waals surface area contributed by atoms with E-state index in [0.717, 1.165) is 0 Å². The molecule has 0 aliphatic rings. The molecule has 0 amide bonds. The van der Waals surface area contributed by atoms with Crippen molar-refractivity contribution in [2.45, 2.75) is 0 Å². The molecule has 0 aromatic heterocycles. The standard InChI is InChI=1S/C2FSi/c1-2-4-3/q+1. The molecular weight excluding hydrogens is 71.1 g/mol. The second-order valence-corrected chi connectivity index (χ2v) is 0.658. The highest BCUT2D eigenvalue weighted by Gasteiger charge is 1.73. The lowest BCUT2D eigenvalue weighted by molar-refractivity contribution is 0.897. The Morgan fingerprint density at radius 1 is 2.00 bits per heavy atom. The van der Waals surface area contributed by atoms with Crippen molar-refractivity contribution in [1.82, 2.24) is 0 Å². The zero-order valence-electron chi connectivity index (χ0n) is 1.88. The maximum absolute atomic E-state index is 10.5. The average Bonchev–Trinajstić information content (AvgIpc) is 1.37. The van der Waals surface area contributed by atoms with Gasteiger partial charge in [-0.15, -0.1) is 0 Å². The van der Waals surface area contributed by atoms with Gasteiger partial charge in [0, 0.05) is 4.11 Å². The first kappa shape index (κ1) is 3.80. The Morgan fingerprint density at radius 3 is 2.25 bits per heavy atom. The summed E-state index contributed by atoms with van der Waals surface area (Å²) in [5.41, 5.74) is 0. The first-order valence-electron chi connectivity index (χ1n) is 0.689. The molecule has 0 aliphatic carbocycles. The Hall–Kier alpha value is -0.203. The molecule has 4 heavy (non-hydrogen) atoms. The molecule has 0 spiro atoms. The van der Waals surface area contributed by atoms with Gasteiger partial charge in [-0.25, -0.2) is 0 Å². The fraction of sp³-hybridized carbons (Fsp3) is 0. The van der Waals surface area contributed by atoms with E-state index in [-0.39, 0.29) is 0 Å². The van der Waals surface area contributed by atoms with Gasteiger partial charge < -0.3 is 0 Å². The summed E-state index contributed by atoms with van der Waals surface area (Å²) < 4.78 is 10.5. The summed E-state index contributed by atoms with van der Waals surface area (Å²) in [5.74, 6) is 0. The van der Waals surface area contributed by atoms with E-state index in [0.29, 0.717) is 0 Å². The predicted octanol–water partition coefficient (Wildman–Crippen LogP) is -0.158. The Labute approximate surface area is 26.6 Å². The molecule has 0 atom stereocenters. The van der Waals surface area contributed by atoms with E-state index in [9.17, 15) is 4.11 Å². The Balaban J connectivity index is 3.11. The number of rotatable bonds is 0. The number of hydrogen-bond donors (Lipinski definition) is 0. The Morgan fingerprint density at radius 2 is 2.25 bits per heavy atom. The van der Waals surface area contributed by atoms with Gasteiger partial charge in [-0.05, 0) is 0 Å². The third-order valence-corrected chi connectivity index (χ3v) is 0.142. The highest BCUT2D eigenvalue weighted by atomic mass is 28.2. The summed E-state index contributed by atoms with van der Waals surface area (Å²) in [4.78, 5) is 0. The first-order chi connectivity index (χ1) is 1.91. The van der Waals surface area contributed by atoms with Gasteiger partial charge in [0.15, 0.2) is 0 Å². The molecule has 0 unspecified atom stereocenters. The molecule has 0 aliphatic heterocycles. The lowest BCUT2D eigenvalue weighted by Gasteiger charge is -0.990. The van der Waals surface area contributed by atoms with Crippen LogP contribution in [0.25, 0.3) is 0 Å². The van der Waals surface area contributed by atoms with Crippen molar-refractivity contribution in [1.29, 1.82) is 0 Å². The Kier molecular flexibility index (Phi) is 2.65. The molecule has 2 radical (unpaired) electrons. The summed E-state index contributed by atoms with van der Waals surface area (Å²) in [6, 6.07) is 0. The van der Waals surface area contributed by atoms with Crippen LogP contribution in [0.3, 0.4) is 0 Å². The third kappa shape index (κ3) is 1.80. The van der Waals surface area contributed by atoms with E-state index in [1.165, 1.54) is 0 Å². The van der Waals surface area contributed by atoms with Crippen LogP contribution in [-0.2, 0) is 0 Å². The second kappa shape index (κ2) is 2.80. The highest BCUT2D eigenvalue weighted by molar-refractivity contribution is 6.36. The van der Waals surface area contributed by atoms with E-state index >= 15 is 0 Å². The van der Waals surface area contributed by atoms with Crippen LogP contribution in [0, 0.1) is 6.58 Å². The minimum Gasteiger partial charge on any atom is 0.0169 e. The van der Waals surface area contributed by atoms with Crippen LogP contribution in [-0.4, -0.2) is 14.8 Å². The molecule has 0 aromatic rings. The van der Waals surface area contributed by atoms with E-state index in [4.69, 9.17) is 6.58 Å². The lowest BCUT2D eigenvalue weighted by atomic mass is 11.3. The summed E-state index contributed by atoms with van der Waals surface area (Å²) in [6.45, 7) is 5.84. The molecule has 0 nitrogen and oxygen atoms in total. The smallest absolute Gasteiger partial charge is 0.0169 e. The fourth-order valence-electron chi connectivity index (χ4n) is 0. The van der Waals surface area contributed by atoms with Crippen molar-refractivity contribution >= 4 is 14.8 Å². The quantitative estimate of drug-likeness (QED) is 0.275. The lowest BCUT2D eigenvalue weighted by Crippen LogP contribution is -1.48. The van der Waals surface area contributed by atoms with Crippen molar-refractivity contribution in [3.05, 3.63) is 6.58 Å². The average molecular weight is 71.1 g/mol. The van der Waals surface area contributed by atoms with E-state index in [1.54, 1.807) is 5.33 Å². The summed E-state index contributed by atoms with van der Waals surface area (Å²) in [5, 5.41) is 1.54. The van der Waals surface area contributed by atoms with Gasteiger partial charge in [0.1, 0.15) is 5.33 Å². The van der Waals surface area contributed by atoms with Crippen LogP contribution in [0.4, 0.5) is 4.11 Å². The van der Waals surface area contributed by atoms with Crippen molar-refractivity contribution < 1.29 is 4.11 Å². The number of halogens is 1. The molecule has 0 N–H and O–H groups in total. The van der Waals surface area contributed by atoms with Gasteiger partial charge in [0.05, 0.1) is 6.58 Å². The zero-order chi connectivity index (χ0) is 3.41. The van der Waals surface area contributed by atoms with E-state index < -0.39 is 9.47 Å². The molecule has 0 fully saturated rings. The van der Waals surface area contributed by atoms with Gasteiger partial charge >= 0.3 is 9.47 Å². The topological polar surface area (TPSA) is 0 Å². The molecule has 18 valence electrons. The molecular formula is C2FSi+. The molecule has 0 aromatic carbocycles. The van der Waals surface area contributed by atoms with Gasteiger partial charge in [-0.3, -0.25) is 0 Å². The first-order valence-corrected chi connectivity index (χ1v) is 1.57. The summed E-state index contributed by atoms with van der Waals surface area (Å²) >= 11 is 0. The van der Waals surface area contributed by atoms with Crippen LogP contribution < -0.4 is 0 Å². The van der Waals surface area contributed by atoms with Gasteiger partial charge in [-0.2, -0.15) is 0 Å². The van der Waals surface area contributed by atoms with Gasteiger partial charge in [0.25, 0.3) is 0 Å². The predicted molar refractivity (Wildman–Crippen MR) is 15.1 cm³/mol.